The first-order valence-corrected chi connectivity index (χ1v) is 6.99. The number of nitrogens with one attached hydrogen (secondary N) is 1. The Morgan fingerprint density at radius 1 is 1.40 bits per heavy atom. The number of imidazole rings is 1. The number of likely N-dealkylation sites (N-methyl/N-ethyl adjacent to an activating group) is 1. The Hall–Kier alpha value is -1.81. The van der Waals surface area contributed by atoms with E-state index >= 15 is 0 Å². The second-order valence-electron chi connectivity index (χ2n) is 5.03. The summed E-state index contributed by atoms with van der Waals surface area (Å²) >= 11 is 0. The smallest absolute Gasteiger partial charge is 0.119 e. The number of aryl methyl sites for hydroxylation is 2. The number of ether oxygens (including phenoxy) is 1. The molecule has 0 aliphatic rings. The summed E-state index contributed by atoms with van der Waals surface area (Å²) in [5.74, 6) is 2.05. The van der Waals surface area contributed by atoms with E-state index in [-0.39, 0.29) is 0 Å². The highest BCUT2D eigenvalue weighted by Gasteiger charge is 2.10. The third kappa shape index (κ3) is 3.84. The molecule has 0 saturated heterocycles. The molecule has 0 fully saturated rings. The van der Waals surface area contributed by atoms with E-state index in [0.29, 0.717) is 6.04 Å². The van der Waals surface area contributed by atoms with Crippen LogP contribution in [0.25, 0.3) is 0 Å². The Labute approximate surface area is 120 Å². The lowest BCUT2D eigenvalue weighted by molar-refractivity contribution is 0.413. The average molecular weight is 273 g/mol. The quantitative estimate of drug-likeness (QED) is 0.840. The van der Waals surface area contributed by atoms with Crippen molar-refractivity contribution in [2.75, 3.05) is 14.2 Å². The van der Waals surface area contributed by atoms with Crippen LogP contribution in [-0.2, 0) is 19.9 Å². The maximum absolute atomic E-state index is 5.27. The average Bonchev–Trinajstić information content (AvgIpc) is 2.89. The fourth-order valence-electron chi connectivity index (χ4n) is 2.37. The highest BCUT2D eigenvalue weighted by molar-refractivity contribution is 5.28. The number of nitrogens with zero attached hydrogens (tertiary/aromatic N) is 2. The predicted octanol–water partition coefficient (Wildman–Crippen LogP) is 2.19. The Morgan fingerprint density at radius 3 is 2.90 bits per heavy atom. The SMILES string of the molecule is CNC(CCc1nccn1C)Cc1cccc(OC)c1. The van der Waals surface area contributed by atoms with Gasteiger partial charge in [-0.1, -0.05) is 12.1 Å². The first-order valence-electron chi connectivity index (χ1n) is 6.99. The molecule has 108 valence electrons. The monoisotopic (exact) mass is 273 g/mol. The van der Waals surface area contributed by atoms with Gasteiger partial charge < -0.3 is 14.6 Å². The molecule has 4 heteroatoms. The Morgan fingerprint density at radius 2 is 2.25 bits per heavy atom. The summed E-state index contributed by atoms with van der Waals surface area (Å²) in [6.07, 6.45) is 6.90. The van der Waals surface area contributed by atoms with E-state index in [1.165, 1.54) is 5.56 Å². The number of hydrogen-bond acceptors (Lipinski definition) is 3. The van der Waals surface area contributed by atoms with Crippen molar-refractivity contribution in [3.8, 4) is 5.75 Å². The summed E-state index contributed by atoms with van der Waals surface area (Å²) < 4.78 is 7.35. The normalized spacial score (nSPS) is 12.3. The fraction of sp³-hybridized carbons (Fsp3) is 0.438. The number of hydrogen-bond donors (Lipinski definition) is 1. The molecule has 1 aromatic heterocycles. The second kappa shape index (κ2) is 7.10. The minimum absolute atomic E-state index is 0.443. The fourth-order valence-corrected chi connectivity index (χ4v) is 2.37. The summed E-state index contributed by atoms with van der Waals surface area (Å²) in [7, 11) is 5.76. The van der Waals surface area contributed by atoms with Crippen molar-refractivity contribution >= 4 is 0 Å². The van der Waals surface area contributed by atoms with Crippen molar-refractivity contribution in [2.24, 2.45) is 7.05 Å². The Kier molecular flexibility index (Phi) is 5.18. The molecule has 2 aromatic rings. The van der Waals surface area contributed by atoms with Crippen molar-refractivity contribution < 1.29 is 4.74 Å². The van der Waals surface area contributed by atoms with Crippen LogP contribution in [0.3, 0.4) is 0 Å². The van der Waals surface area contributed by atoms with Gasteiger partial charge in [-0.05, 0) is 37.6 Å². The van der Waals surface area contributed by atoms with Gasteiger partial charge in [0.05, 0.1) is 7.11 Å². The molecule has 1 heterocycles. The van der Waals surface area contributed by atoms with E-state index < -0.39 is 0 Å². The molecule has 0 aliphatic heterocycles. The molecular weight excluding hydrogens is 250 g/mol. The summed E-state index contributed by atoms with van der Waals surface area (Å²) in [6.45, 7) is 0. The zero-order chi connectivity index (χ0) is 14.4. The maximum Gasteiger partial charge on any atom is 0.119 e. The molecule has 1 aromatic carbocycles. The van der Waals surface area contributed by atoms with Gasteiger partial charge in [-0.3, -0.25) is 0 Å². The summed E-state index contributed by atoms with van der Waals surface area (Å²) in [4.78, 5) is 4.37. The van der Waals surface area contributed by atoms with Crippen LogP contribution in [-0.4, -0.2) is 29.8 Å². The third-order valence-corrected chi connectivity index (χ3v) is 3.66. The van der Waals surface area contributed by atoms with Crippen LogP contribution in [0.2, 0.25) is 0 Å². The van der Waals surface area contributed by atoms with Crippen LogP contribution in [0.5, 0.6) is 5.75 Å². The van der Waals surface area contributed by atoms with Gasteiger partial charge in [0.15, 0.2) is 0 Å². The molecule has 1 atom stereocenters. The van der Waals surface area contributed by atoms with Crippen LogP contribution in [0.15, 0.2) is 36.7 Å². The van der Waals surface area contributed by atoms with Gasteiger partial charge in [0.25, 0.3) is 0 Å². The molecule has 0 bridgehead atoms. The van der Waals surface area contributed by atoms with E-state index in [1.807, 2.05) is 38.6 Å². The summed E-state index contributed by atoms with van der Waals surface area (Å²) in [6, 6.07) is 8.71. The molecule has 1 N–H and O–H groups in total. The highest BCUT2D eigenvalue weighted by atomic mass is 16.5. The molecule has 1 unspecified atom stereocenters. The molecule has 0 amide bonds. The van der Waals surface area contributed by atoms with E-state index in [4.69, 9.17) is 4.74 Å². The zero-order valence-corrected chi connectivity index (χ0v) is 12.5. The van der Waals surface area contributed by atoms with Crippen LogP contribution in [0.1, 0.15) is 17.8 Å². The lowest BCUT2D eigenvalue weighted by Gasteiger charge is -2.16. The van der Waals surface area contributed by atoms with Crippen molar-refractivity contribution in [2.45, 2.75) is 25.3 Å². The van der Waals surface area contributed by atoms with Crippen molar-refractivity contribution in [3.05, 3.63) is 48.0 Å². The Balaban J connectivity index is 1.93. The predicted molar refractivity (Wildman–Crippen MR) is 81.1 cm³/mol. The third-order valence-electron chi connectivity index (χ3n) is 3.66. The number of rotatable bonds is 7. The largest absolute Gasteiger partial charge is 0.497 e. The van der Waals surface area contributed by atoms with Gasteiger partial charge in [0, 0.05) is 31.9 Å². The minimum atomic E-state index is 0.443. The van der Waals surface area contributed by atoms with Crippen LogP contribution >= 0.6 is 0 Å². The maximum atomic E-state index is 5.27. The van der Waals surface area contributed by atoms with Crippen LogP contribution in [0, 0.1) is 0 Å². The molecule has 0 radical (unpaired) electrons. The molecule has 0 aliphatic carbocycles. The summed E-state index contributed by atoms with van der Waals surface area (Å²) in [5.41, 5.74) is 1.29. The topological polar surface area (TPSA) is 39.1 Å². The molecular formula is C16H23N3O. The van der Waals surface area contributed by atoms with E-state index in [0.717, 1.165) is 30.8 Å². The Bertz CT molecular complexity index is 536. The van der Waals surface area contributed by atoms with E-state index in [9.17, 15) is 0 Å². The molecule has 2 rings (SSSR count). The van der Waals surface area contributed by atoms with Crippen molar-refractivity contribution in [3.63, 3.8) is 0 Å². The van der Waals surface area contributed by atoms with Gasteiger partial charge >= 0.3 is 0 Å². The molecule has 0 spiro atoms. The zero-order valence-electron chi connectivity index (χ0n) is 12.5. The summed E-state index contributed by atoms with van der Waals surface area (Å²) in [5, 5.41) is 3.39. The molecule has 20 heavy (non-hydrogen) atoms. The van der Waals surface area contributed by atoms with E-state index in [1.54, 1.807) is 7.11 Å². The van der Waals surface area contributed by atoms with E-state index in [2.05, 4.69) is 27.0 Å². The first-order chi connectivity index (χ1) is 9.72. The van der Waals surface area contributed by atoms with Gasteiger partial charge in [0.2, 0.25) is 0 Å². The number of aromatic nitrogens is 2. The van der Waals surface area contributed by atoms with Gasteiger partial charge in [-0.2, -0.15) is 0 Å². The molecule has 0 saturated carbocycles. The van der Waals surface area contributed by atoms with Crippen LogP contribution < -0.4 is 10.1 Å². The van der Waals surface area contributed by atoms with Gasteiger partial charge in [0.1, 0.15) is 11.6 Å². The van der Waals surface area contributed by atoms with Crippen molar-refractivity contribution in [1.82, 2.24) is 14.9 Å². The first kappa shape index (κ1) is 14.6. The highest BCUT2D eigenvalue weighted by Crippen LogP contribution is 2.15. The number of benzene rings is 1. The molecule has 4 nitrogen and oxygen atoms in total. The lowest BCUT2D eigenvalue weighted by atomic mass is 10.0. The van der Waals surface area contributed by atoms with Gasteiger partial charge in [-0.25, -0.2) is 4.98 Å². The van der Waals surface area contributed by atoms with Crippen LogP contribution in [0.4, 0.5) is 0 Å². The van der Waals surface area contributed by atoms with Gasteiger partial charge in [-0.15, -0.1) is 0 Å². The second-order valence-corrected chi connectivity index (χ2v) is 5.03. The van der Waals surface area contributed by atoms with Crippen molar-refractivity contribution in [1.29, 1.82) is 0 Å². The minimum Gasteiger partial charge on any atom is -0.497 e. The lowest BCUT2D eigenvalue weighted by Crippen LogP contribution is -2.28. The standard InChI is InChI=1S/C16H23N3O/c1-17-14(7-8-16-18-9-10-19(16)2)11-13-5-4-6-15(12-13)20-3/h4-6,9-10,12,14,17H,7-8,11H2,1-3H3. The number of methoxy groups -OCH3 is 1.